The van der Waals surface area contributed by atoms with Crippen LogP contribution in [0, 0.1) is 0 Å². The highest BCUT2D eigenvalue weighted by molar-refractivity contribution is 5.93. The molecule has 4 heteroatoms. The second-order valence-electron chi connectivity index (χ2n) is 4.24. The zero-order valence-electron chi connectivity index (χ0n) is 10.2. The molecule has 2 rings (SSSR count). The van der Waals surface area contributed by atoms with Gasteiger partial charge in [0.1, 0.15) is 0 Å². The fraction of sp³-hybridized carbons (Fsp3) is 0.214. The van der Waals surface area contributed by atoms with Crippen LogP contribution < -0.4 is 10.6 Å². The van der Waals surface area contributed by atoms with E-state index in [4.69, 9.17) is 5.11 Å². The minimum atomic E-state index is -0.313. The van der Waals surface area contributed by atoms with Crippen molar-refractivity contribution < 1.29 is 9.90 Å². The van der Waals surface area contributed by atoms with E-state index in [2.05, 4.69) is 10.6 Å². The molecule has 0 aliphatic heterocycles. The zero-order valence-corrected chi connectivity index (χ0v) is 10.2. The monoisotopic (exact) mass is 244 g/mol. The quantitative estimate of drug-likeness (QED) is 0.776. The van der Waals surface area contributed by atoms with Gasteiger partial charge in [0.05, 0.1) is 12.6 Å². The number of urea groups is 1. The van der Waals surface area contributed by atoms with E-state index < -0.39 is 0 Å². The van der Waals surface area contributed by atoms with Crippen molar-refractivity contribution in [1.29, 1.82) is 0 Å². The maximum absolute atomic E-state index is 11.6. The van der Waals surface area contributed by atoms with Crippen molar-refractivity contribution in [1.82, 2.24) is 5.32 Å². The summed E-state index contributed by atoms with van der Waals surface area (Å²) >= 11 is 0. The van der Waals surface area contributed by atoms with Gasteiger partial charge in [-0.3, -0.25) is 0 Å². The van der Waals surface area contributed by atoms with E-state index in [1.807, 2.05) is 42.5 Å². The lowest BCUT2D eigenvalue weighted by Crippen LogP contribution is -2.38. The molecular formula is C14H16N2O2. The second kappa shape index (κ2) is 5.51. The minimum absolute atomic E-state index is 0.0782. The molecule has 1 atom stereocenters. The lowest BCUT2D eigenvalue weighted by Gasteiger charge is -2.12. The molecule has 2 amide bonds. The van der Waals surface area contributed by atoms with Crippen LogP contribution in [0.4, 0.5) is 10.5 Å². The van der Waals surface area contributed by atoms with Crippen LogP contribution in [0.2, 0.25) is 0 Å². The Morgan fingerprint density at radius 1 is 1.22 bits per heavy atom. The van der Waals surface area contributed by atoms with Crippen LogP contribution in [0.3, 0.4) is 0 Å². The van der Waals surface area contributed by atoms with E-state index in [0.717, 1.165) is 16.5 Å². The summed E-state index contributed by atoms with van der Waals surface area (Å²) in [7, 11) is 0. The first-order valence-corrected chi connectivity index (χ1v) is 5.86. The summed E-state index contributed by atoms with van der Waals surface area (Å²) in [4.78, 5) is 11.6. The zero-order chi connectivity index (χ0) is 13.0. The van der Waals surface area contributed by atoms with Gasteiger partial charge in [0.25, 0.3) is 0 Å². The highest BCUT2D eigenvalue weighted by Crippen LogP contribution is 2.18. The van der Waals surface area contributed by atoms with Gasteiger partial charge in [-0.1, -0.05) is 30.3 Å². The summed E-state index contributed by atoms with van der Waals surface area (Å²) in [6, 6.07) is 13.1. The number of anilines is 1. The number of amides is 2. The molecule has 2 aromatic carbocycles. The van der Waals surface area contributed by atoms with Gasteiger partial charge in [0, 0.05) is 5.69 Å². The predicted molar refractivity (Wildman–Crippen MR) is 72.7 cm³/mol. The number of hydrogen-bond donors (Lipinski definition) is 3. The van der Waals surface area contributed by atoms with Gasteiger partial charge in [-0.25, -0.2) is 4.79 Å². The molecule has 2 aromatic rings. The van der Waals surface area contributed by atoms with Crippen LogP contribution in [0.5, 0.6) is 0 Å². The molecule has 18 heavy (non-hydrogen) atoms. The van der Waals surface area contributed by atoms with Crippen LogP contribution >= 0.6 is 0 Å². The van der Waals surface area contributed by atoms with Gasteiger partial charge in [0.2, 0.25) is 0 Å². The smallest absolute Gasteiger partial charge is 0.319 e. The van der Waals surface area contributed by atoms with Crippen LogP contribution in [0.25, 0.3) is 10.8 Å². The molecule has 0 aliphatic rings. The summed E-state index contributed by atoms with van der Waals surface area (Å²) in [6.45, 7) is 1.66. The van der Waals surface area contributed by atoms with E-state index >= 15 is 0 Å². The third-order valence-electron chi connectivity index (χ3n) is 2.66. The first kappa shape index (κ1) is 12.4. The molecule has 0 aromatic heterocycles. The maximum Gasteiger partial charge on any atom is 0.319 e. The fourth-order valence-electron chi connectivity index (χ4n) is 1.70. The molecular weight excluding hydrogens is 228 g/mol. The minimum Gasteiger partial charge on any atom is -0.394 e. The Morgan fingerprint density at radius 2 is 1.94 bits per heavy atom. The Morgan fingerprint density at radius 3 is 2.67 bits per heavy atom. The number of nitrogens with one attached hydrogen (secondary N) is 2. The molecule has 4 nitrogen and oxygen atoms in total. The van der Waals surface area contributed by atoms with Crippen molar-refractivity contribution in [3.63, 3.8) is 0 Å². The Balaban J connectivity index is 2.10. The fourth-order valence-corrected chi connectivity index (χ4v) is 1.70. The molecule has 0 saturated heterocycles. The van der Waals surface area contributed by atoms with Crippen molar-refractivity contribution in [3.05, 3.63) is 42.5 Å². The third kappa shape index (κ3) is 2.99. The lowest BCUT2D eigenvalue weighted by molar-refractivity contribution is 0.229. The molecule has 94 valence electrons. The van der Waals surface area contributed by atoms with E-state index in [9.17, 15) is 4.79 Å². The second-order valence-corrected chi connectivity index (χ2v) is 4.24. The molecule has 0 saturated carbocycles. The molecule has 0 aliphatic carbocycles. The van der Waals surface area contributed by atoms with Gasteiger partial charge in [0.15, 0.2) is 0 Å². The Hall–Kier alpha value is -2.07. The van der Waals surface area contributed by atoms with Crippen molar-refractivity contribution in [2.24, 2.45) is 0 Å². The standard InChI is InChI=1S/C14H16N2O2/c1-10(9-17)15-14(18)16-13-7-6-11-4-2-3-5-12(11)8-13/h2-8,10,17H,9H2,1H3,(H2,15,16,18). The number of aliphatic hydroxyl groups excluding tert-OH is 1. The summed E-state index contributed by atoms with van der Waals surface area (Å²) in [6.07, 6.45) is 0. The number of benzene rings is 2. The number of carbonyl (C=O) groups is 1. The Labute approximate surface area is 106 Å². The van der Waals surface area contributed by atoms with Gasteiger partial charge in [-0.15, -0.1) is 0 Å². The Kier molecular flexibility index (Phi) is 3.79. The van der Waals surface area contributed by atoms with Crippen molar-refractivity contribution in [3.8, 4) is 0 Å². The van der Waals surface area contributed by atoms with Crippen LogP contribution in [-0.2, 0) is 0 Å². The summed E-state index contributed by atoms with van der Waals surface area (Å²) in [5, 5.41) is 16.4. The number of carbonyl (C=O) groups excluding carboxylic acids is 1. The van der Waals surface area contributed by atoms with E-state index in [1.165, 1.54) is 0 Å². The average Bonchev–Trinajstić information content (AvgIpc) is 2.38. The maximum atomic E-state index is 11.6. The molecule has 0 spiro atoms. The van der Waals surface area contributed by atoms with E-state index in [-0.39, 0.29) is 18.7 Å². The summed E-state index contributed by atoms with van der Waals surface area (Å²) in [5.41, 5.74) is 0.733. The topological polar surface area (TPSA) is 61.4 Å². The molecule has 0 radical (unpaired) electrons. The largest absolute Gasteiger partial charge is 0.394 e. The number of rotatable bonds is 3. The van der Waals surface area contributed by atoms with Crippen molar-refractivity contribution in [2.45, 2.75) is 13.0 Å². The number of hydrogen-bond acceptors (Lipinski definition) is 2. The SMILES string of the molecule is CC(CO)NC(=O)Nc1ccc2ccccc2c1. The third-order valence-corrected chi connectivity index (χ3v) is 2.66. The lowest BCUT2D eigenvalue weighted by atomic mass is 10.1. The molecule has 0 fully saturated rings. The van der Waals surface area contributed by atoms with Gasteiger partial charge >= 0.3 is 6.03 Å². The molecule has 0 heterocycles. The summed E-state index contributed by atoms with van der Waals surface area (Å²) in [5.74, 6) is 0. The van der Waals surface area contributed by atoms with Gasteiger partial charge in [-0.05, 0) is 29.8 Å². The van der Waals surface area contributed by atoms with E-state index in [0.29, 0.717) is 0 Å². The molecule has 3 N–H and O–H groups in total. The number of aliphatic hydroxyl groups is 1. The number of fused-ring (bicyclic) bond motifs is 1. The Bertz CT molecular complexity index is 554. The van der Waals surface area contributed by atoms with E-state index in [1.54, 1.807) is 6.92 Å². The van der Waals surface area contributed by atoms with Gasteiger partial charge in [-0.2, -0.15) is 0 Å². The first-order valence-electron chi connectivity index (χ1n) is 5.86. The van der Waals surface area contributed by atoms with Gasteiger partial charge < -0.3 is 15.7 Å². The van der Waals surface area contributed by atoms with Crippen molar-refractivity contribution >= 4 is 22.5 Å². The predicted octanol–water partition coefficient (Wildman–Crippen LogP) is 2.34. The first-order chi connectivity index (χ1) is 8.69. The van der Waals surface area contributed by atoms with Crippen molar-refractivity contribution in [2.75, 3.05) is 11.9 Å². The highest BCUT2D eigenvalue weighted by Gasteiger charge is 2.06. The van der Waals surface area contributed by atoms with Crippen LogP contribution in [-0.4, -0.2) is 23.8 Å². The van der Waals surface area contributed by atoms with Crippen LogP contribution in [0.15, 0.2) is 42.5 Å². The molecule has 0 bridgehead atoms. The average molecular weight is 244 g/mol. The normalized spacial score (nSPS) is 12.1. The molecule has 1 unspecified atom stereocenters. The summed E-state index contributed by atoms with van der Waals surface area (Å²) < 4.78 is 0. The van der Waals surface area contributed by atoms with Crippen LogP contribution in [0.1, 0.15) is 6.92 Å². The highest BCUT2D eigenvalue weighted by atomic mass is 16.3.